The predicted molar refractivity (Wildman–Crippen MR) is 274 cm³/mol. The minimum absolute atomic E-state index is 0.0235. The zero-order chi connectivity index (χ0) is 43.6. The third-order valence-electron chi connectivity index (χ3n) is 15.5. The minimum Gasteiger partial charge on any atom is -0.312 e. The summed E-state index contributed by atoms with van der Waals surface area (Å²) in [6, 6.07) is 46.3. The number of hydrogen-bond acceptors (Lipinski definition) is 1. The molecule has 13 rings (SSSR count). The second-order valence-electron chi connectivity index (χ2n) is 23.5. The molecule has 308 valence electrons. The SMILES string of the molecule is CC(C)(C)c1ccc2c(c1)c1cc(C(C)(C)C)cc3c1n2-c1cccc2c1B3c1ccc3c4c1N2c1ccccc1B4c1cc(C(C)(C)C)cc2c4cc(C(C)(C)C)ccc4n-3c12. The van der Waals surface area contributed by atoms with E-state index in [9.17, 15) is 0 Å². The average Bonchev–Trinajstić information content (AvgIpc) is 3.74. The van der Waals surface area contributed by atoms with Crippen molar-refractivity contribution in [3.63, 3.8) is 0 Å². The number of anilines is 3. The maximum absolute atomic E-state index is 2.67. The summed E-state index contributed by atoms with van der Waals surface area (Å²) in [5.74, 6) is 0. The van der Waals surface area contributed by atoms with E-state index in [1.807, 2.05) is 0 Å². The summed E-state index contributed by atoms with van der Waals surface area (Å²) in [5, 5.41) is 5.44. The first-order valence-electron chi connectivity index (χ1n) is 23.3. The second-order valence-corrected chi connectivity index (χ2v) is 23.5. The third-order valence-corrected chi connectivity index (χ3v) is 15.5. The maximum Gasteiger partial charge on any atom is 0.252 e. The number of rotatable bonds is 0. The number of para-hydroxylation sites is 1. The first kappa shape index (κ1) is 37.6. The molecule has 0 N–H and O–H groups in total. The van der Waals surface area contributed by atoms with Crippen LogP contribution in [0.5, 0.6) is 0 Å². The molecule has 0 aliphatic carbocycles. The lowest BCUT2D eigenvalue weighted by Gasteiger charge is -2.47. The van der Waals surface area contributed by atoms with E-state index in [1.165, 1.54) is 127 Å². The molecule has 4 aliphatic heterocycles. The highest BCUT2D eigenvalue weighted by molar-refractivity contribution is 7.04. The summed E-state index contributed by atoms with van der Waals surface area (Å²) in [6.07, 6.45) is 0. The Balaban J connectivity index is 1.19. The van der Waals surface area contributed by atoms with Gasteiger partial charge < -0.3 is 14.0 Å². The Bertz CT molecular complexity index is 3570. The largest absolute Gasteiger partial charge is 0.312 e. The van der Waals surface area contributed by atoms with Crippen molar-refractivity contribution in [1.29, 1.82) is 0 Å². The normalized spacial score (nSPS) is 14.9. The Hall–Kier alpha value is -5.93. The summed E-state index contributed by atoms with van der Waals surface area (Å²) < 4.78 is 5.27. The molecule has 0 saturated carbocycles. The van der Waals surface area contributed by atoms with Crippen LogP contribution in [0, 0.1) is 0 Å². The number of aromatic nitrogens is 2. The molecule has 63 heavy (non-hydrogen) atoms. The van der Waals surface area contributed by atoms with Crippen LogP contribution in [0.1, 0.15) is 105 Å². The van der Waals surface area contributed by atoms with Gasteiger partial charge >= 0.3 is 0 Å². The molecule has 0 radical (unpaired) electrons. The quantitative estimate of drug-likeness (QED) is 0.139. The molecule has 0 fully saturated rings. The summed E-state index contributed by atoms with van der Waals surface area (Å²) in [5.41, 5.74) is 25.9. The second kappa shape index (κ2) is 11.6. The van der Waals surface area contributed by atoms with Gasteiger partial charge in [-0.25, -0.2) is 0 Å². The Labute approximate surface area is 372 Å². The van der Waals surface area contributed by atoms with Crippen molar-refractivity contribution in [2.45, 2.75) is 105 Å². The Morgan fingerprint density at radius 2 is 0.810 bits per heavy atom. The number of nitrogens with zero attached hydrogens (tertiary/aromatic N) is 3. The number of fused-ring (bicyclic) bond motifs is 15. The molecule has 5 heteroatoms. The summed E-state index contributed by atoms with van der Waals surface area (Å²) in [7, 11) is 0. The molecule has 0 saturated heterocycles. The fraction of sp³-hybridized carbons (Fsp3) is 0.276. The monoisotopic (exact) mass is 815 g/mol. The lowest BCUT2D eigenvalue weighted by Crippen LogP contribution is -2.67. The van der Waals surface area contributed by atoms with Gasteiger partial charge in [0.2, 0.25) is 0 Å². The third kappa shape index (κ3) is 4.73. The van der Waals surface area contributed by atoms with Gasteiger partial charge in [0, 0.05) is 61.0 Å². The van der Waals surface area contributed by atoms with Crippen molar-refractivity contribution in [2.75, 3.05) is 4.90 Å². The maximum atomic E-state index is 2.67. The van der Waals surface area contributed by atoms with Crippen molar-refractivity contribution in [2.24, 2.45) is 0 Å². The summed E-state index contributed by atoms with van der Waals surface area (Å²) >= 11 is 0. The van der Waals surface area contributed by atoms with Crippen molar-refractivity contribution in [3.05, 3.63) is 138 Å². The molecule has 7 aromatic carbocycles. The van der Waals surface area contributed by atoms with E-state index in [1.54, 1.807) is 0 Å². The molecular formula is C58H55B2N3. The van der Waals surface area contributed by atoms with Crippen LogP contribution >= 0.6 is 0 Å². The van der Waals surface area contributed by atoms with E-state index in [2.05, 4.69) is 212 Å². The average molecular weight is 816 g/mol. The molecule has 3 nitrogen and oxygen atoms in total. The smallest absolute Gasteiger partial charge is 0.252 e. The molecule has 0 amide bonds. The van der Waals surface area contributed by atoms with Crippen molar-refractivity contribution in [3.8, 4) is 11.4 Å². The van der Waals surface area contributed by atoms with Crippen LogP contribution in [-0.2, 0) is 21.7 Å². The Kier molecular flexibility index (Phi) is 6.93. The van der Waals surface area contributed by atoms with Gasteiger partial charge in [0.25, 0.3) is 13.4 Å². The zero-order valence-electron chi connectivity index (χ0n) is 39.0. The highest BCUT2D eigenvalue weighted by atomic mass is 15.2. The Morgan fingerprint density at radius 3 is 1.35 bits per heavy atom. The number of hydrogen-bond donors (Lipinski definition) is 0. The highest BCUT2D eigenvalue weighted by Crippen LogP contribution is 2.46. The van der Waals surface area contributed by atoms with Crippen molar-refractivity contribution >= 4 is 107 Å². The fourth-order valence-corrected chi connectivity index (χ4v) is 12.2. The zero-order valence-corrected chi connectivity index (χ0v) is 39.0. The van der Waals surface area contributed by atoms with Crippen LogP contribution < -0.4 is 37.7 Å². The van der Waals surface area contributed by atoms with E-state index < -0.39 is 0 Å². The van der Waals surface area contributed by atoms with E-state index in [0.29, 0.717) is 0 Å². The van der Waals surface area contributed by atoms with Gasteiger partial charge in [-0.2, -0.15) is 0 Å². The van der Waals surface area contributed by atoms with E-state index >= 15 is 0 Å². The minimum atomic E-state index is -0.0302. The lowest BCUT2D eigenvalue weighted by atomic mass is 9.29. The topological polar surface area (TPSA) is 13.1 Å². The molecule has 6 heterocycles. The first-order chi connectivity index (χ1) is 29.8. The number of benzene rings is 7. The van der Waals surface area contributed by atoms with Gasteiger partial charge in [-0.15, -0.1) is 0 Å². The van der Waals surface area contributed by atoms with Crippen LogP contribution in [-0.4, -0.2) is 22.6 Å². The van der Waals surface area contributed by atoms with Crippen LogP contribution in [0.3, 0.4) is 0 Å². The molecule has 2 aromatic heterocycles. The fourth-order valence-electron chi connectivity index (χ4n) is 12.2. The van der Waals surface area contributed by atoms with Crippen LogP contribution in [0.2, 0.25) is 0 Å². The molecule has 0 bridgehead atoms. The van der Waals surface area contributed by atoms with Gasteiger partial charge in [-0.05, 0) is 137 Å². The van der Waals surface area contributed by atoms with E-state index in [4.69, 9.17) is 0 Å². The standard InChI is InChI=1S/C58H55B2N3/c1-55(2,3)32-20-23-44-36(26-32)39-29-35(58(10,11)12)31-43-53(39)61(44)47-18-15-19-48-50(47)60(43)41-22-25-49-51-54(41)63(48)46-17-14-13-16-40(46)59(51)42-30-34(57(7,8)9)28-38-37-27-33(56(4,5)6)21-24-45(37)62(49)52(38)42/h13-31H,1-12H3. The molecular weight excluding hydrogens is 760 g/mol. The van der Waals surface area contributed by atoms with Gasteiger partial charge in [0.1, 0.15) is 0 Å². The van der Waals surface area contributed by atoms with Crippen LogP contribution in [0.4, 0.5) is 17.1 Å². The van der Waals surface area contributed by atoms with Crippen molar-refractivity contribution < 1.29 is 0 Å². The summed E-state index contributed by atoms with van der Waals surface area (Å²) in [6.45, 7) is 28.5. The van der Waals surface area contributed by atoms with Crippen LogP contribution in [0.15, 0.2) is 115 Å². The molecule has 0 unspecified atom stereocenters. The van der Waals surface area contributed by atoms with E-state index in [0.717, 1.165) is 0 Å². The molecule has 4 aliphatic rings. The highest BCUT2D eigenvalue weighted by Gasteiger charge is 2.50. The van der Waals surface area contributed by atoms with Gasteiger partial charge in [-0.3, -0.25) is 0 Å². The molecule has 0 atom stereocenters. The van der Waals surface area contributed by atoms with Gasteiger partial charge in [-0.1, -0.05) is 138 Å². The van der Waals surface area contributed by atoms with Gasteiger partial charge in [0.05, 0.1) is 11.0 Å². The van der Waals surface area contributed by atoms with Gasteiger partial charge in [0.15, 0.2) is 0 Å². The van der Waals surface area contributed by atoms with E-state index in [-0.39, 0.29) is 35.1 Å². The van der Waals surface area contributed by atoms with Crippen molar-refractivity contribution in [1.82, 2.24) is 9.13 Å². The summed E-state index contributed by atoms with van der Waals surface area (Å²) in [4.78, 5) is 2.67. The Morgan fingerprint density at radius 1 is 0.349 bits per heavy atom. The van der Waals surface area contributed by atoms with Crippen LogP contribution in [0.25, 0.3) is 55.0 Å². The molecule has 0 spiro atoms. The predicted octanol–water partition coefficient (Wildman–Crippen LogP) is 10.8. The first-order valence-corrected chi connectivity index (χ1v) is 23.3. The molecule has 9 aromatic rings. The lowest BCUT2D eigenvalue weighted by molar-refractivity contribution is 0.590.